The van der Waals surface area contributed by atoms with Gasteiger partial charge in [-0.2, -0.15) is 0 Å². The first kappa shape index (κ1) is 15.4. The van der Waals surface area contributed by atoms with E-state index in [1.54, 1.807) is 6.07 Å². The van der Waals surface area contributed by atoms with Crippen LogP contribution in [-0.4, -0.2) is 24.0 Å². The molecule has 2 rings (SSSR count). The Morgan fingerprint density at radius 3 is 2.56 bits per heavy atom. The molecule has 3 unspecified atom stereocenters. The molecule has 4 heteroatoms. The SMILES string of the molecule is CC(N)C1CCN(C(C)c2ccccc2F)C1.Cl. The van der Waals surface area contributed by atoms with Crippen molar-refractivity contribution in [1.82, 2.24) is 4.90 Å². The summed E-state index contributed by atoms with van der Waals surface area (Å²) in [6.07, 6.45) is 1.12. The molecule has 0 saturated carbocycles. The van der Waals surface area contributed by atoms with E-state index in [0.717, 1.165) is 25.1 Å². The molecule has 0 spiro atoms. The molecule has 0 aromatic heterocycles. The Bertz CT molecular complexity index is 384. The predicted octanol–water partition coefficient (Wildman–Crippen LogP) is 2.98. The van der Waals surface area contributed by atoms with Gasteiger partial charge in [0, 0.05) is 24.2 Å². The maximum Gasteiger partial charge on any atom is 0.127 e. The van der Waals surface area contributed by atoms with Gasteiger partial charge in [0.2, 0.25) is 0 Å². The van der Waals surface area contributed by atoms with Crippen LogP contribution < -0.4 is 5.73 Å². The summed E-state index contributed by atoms with van der Waals surface area (Å²) in [7, 11) is 0. The highest BCUT2D eigenvalue weighted by atomic mass is 35.5. The molecule has 2 nitrogen and oxygen atoms in total. The number of nitrogens with two attached hydrogens (primary N) is 1. The lowest BCUT2D eigenvalue weighted by Gasteiger charge is -2.25. The first-order valence-corrected chi connectivity index (χ1v) is 6.33. The van der Waals surface area contributed by atoms with E-state index < -0.39 is 0 Å². The molecule has 1 aliphatic rings. The van der Waals surface area contributed by atoms with Crippen molar-refractivity contribution in [3.63, 3.8) is 0 Å². The number of nitrogens with zero attached hydrogens (tertiary/aromatic N) is 1. The Morgan fingerprint density at radius 1 is 1.33 bits per heavy atom. The lowest BCUT2D eigenvalue weighted by atomic mass is 10.0. The molecule has 0 aliphatic carbocycles. The molecule has 1 aromatic carbocycles. The summed E-state index contributed by atoms with van der Waals surface area (Å²) in [5.74, 6) is 0.438. The van der Waals surface area contributed by atoms with Crippen molar-refractivity contribution in [1.29, 1.82) is 0 Å². The van der Waals surface area contributed by atoms with Crippen LogP contribution in [0.25, 0.3) is 0 Å². The molecule has 18 heavy (non-hydrogen) atoms. The second kappa shape index (κ2) is 6.50. The van der Waals surface area contributed by atoms with Crippen molar-refractivity contribution in [3.8, 4) is 0 Å². The summed E-state index contributed by atoms with van der Waals surface area (Å²) < 4.78 is 13.7. The molecule has 1 aromatic rings. The molecule has 2 N–H and O–H groups in total. The second-order valence-corrected chi connectivity index (χ2v) is 5.10. The van der Waals surface area contributed by atoms with Gasteiger partial charge in [0.15, 0.2) is 0 Å². The van der Waals surface area contributed by atoms with Crippen molar-refractivity contribution >= 4 is 12.4 Å². The van der Waals surface area contributed by atoms with Gasteiger partial charge in [-0.15, -0.1) is 12.4 Å². The van der Waals surface area contributed by atoms with E-state index in [9.17, 15) is 4.39 Å². The van der Waals surface area contributed by atoms with E-state index >= 15 is 0 Å². The van der Waals surface area contributed by atoms with Crippen molar-refractivity contribution in [2.24, 2.45) is 11.7 Å². The summed E-state index contributed by atoms with van der Waals surface area (Å²) in [6, 6.07) is 7.41. The highest BCUT2D eigenvalue weighted by Crippen LogP contribution is 2.29. The van der Waals surface area contributed by atoms with Gasteiger partial charge in [0.1, 0.15) is 5.82 Å². The molecule has 102 valence electrons. The minimum atomic E-state index is -0.107. The zero-order valence-corrected chi connectivity index (χ0v) is 11.8. The van der Waals surface area contributed by atoms with Crippen LogP contribution in [0.4, 0.5) is 4.39 Å². The van der Waals surface area contributed by atoms with E-state index in [2.05, 4.69) is 18.7 Å². The molecular formula is C14H22ClFN2. The molecule has 0 bridgehead atoms. The number of rotatable bonds is 3. The van der Waals surface area contributed by atoms with Crippen molar-refractivity contribution in [2.75, 3.05) is 13.1 Å². The van der Waals surface area contributed by atoms with Crippen LogP contribution >= 0.6 is 12.4 Å². The number of halogens is 2. The molecule has 1 fully saturated rings. The lowest BCUT2D eigenvalue weighted by Crippen LogP contribution is -2.31. The van der Waals surface area contributed by atoms with Crippen LogP contribution in [0.5, 0.6) is 0 Å². The largest absolute Gasteiger partial charge is 0.328 e. The zero-order valence-electron chi connectivity index (χ0n) is 11.0. The highest BCUT2D eigenvalue weighted by Gasteiger charge is 2.29. The topological polar surface area (TPSA) is 29.3 Å². The standard InChI is InChI=1S/C14H21FN2.ClH/c1-10(16)12-7-8-17(9-12)11(2)13-5-3-4-6-14(13)15;/h3-6,10-12H,7-9,16H2,1-2H3;1H. The third-order valence-electron chi connectivity index (χ3n) is 3.90. The predicted molar refractivity (Wildman–Crippen MR) is 75.4 cm³/mol. The Morgan fingerprint density at radius 2 is 2.00 bits per heavy atom. The van der Waals surface area contributed by atoms with Crippen LogP contribution in [0.2, 0.25) is 0 Å². The molecule has 0 amide bonds. The first-order chi connectivity index (χ1) is 8.09. The monoisotopic (exact) mass is 272 g/mol. The summed E-state index contributed by atoms with van der Waals surface area (Å²) >= 11 is 0. The highest BCUT2D eigenvalue weighted by molar-refractivity contribution is 5.85. The second-order valence-electron chi connectivity index (χ2n) is 5.10. The van der Waals surface area contributed by atoms with Gasteiger partial charge in [0.05, 0.1) is 0 Å². The van der Waals surface area contributed by atoms with E-state index in [0.29, 0.717) is 5.92 Å². The molecule has 3 atom stereocenters. The molecular weight excluding hydrogens is 251 g/mol. The Hall–Kier alpha value is -0.640. The van der Waals surface area contributed by atoms with Gasteiger partial charge in [-0.25, -0.2) is 4.39 Å². The van der Waals surface area contributed by atoms with Crippen molar-refractivity contribution < 1.29 is 4.39 Å². The fourth-order valence-electron chi connectivity index (χ4n) is 2.61. The Balaban J connectivity index is 0.00000162. The average molecular weight is 273 g/mol. The number of benzene rings is 1. The molecule has 1 saturated heterocycles. The Labute approximate surface area is 115 Å². The third-order valence-corrected chi connectivity index (χ3v) is 3.90. The van der Waals surface area contributed by atoms with Gasteiger partial charge in [-0.05, 0) is 38.8 Å². The molecule has 1 heterocycles. The third kappa shape index (κ3) is 3.22. The number of hydrogen-bond donors (Lipinski definition) is 1. The molecule has 1 aliphatic heterocycles. The quantitative estimate of drug-likeness (QED) is 0.917. The maximum atomic E-state index is 13.7. The van der Waals surface area contributed by atoms with Gasteiger partial charge in [-0.3, -0.25) is 4.90 Å². The average Bonchev–Trinajstić information content (AvgIpc) is 2.78. The normalized spacial score (nSPS) is 23.4. The fourth-order valence-corrected chi connectivity index (χ4v) is 2.61. The van der Waals surface area contributed by atoms with E-state index in [4.69, 9.17) is 5.73 Å². The van der Waals surface area contributed by atoms with Crippen LogP contribution in [-0.2, 0) is 0 Å². The molecule has 0 radical (unpaired) electrons. The zero-order chi connectivity index (χ0) is 12.4. The fraction of sp³-hybridized carbons (Fsp3) is 0.571. The van der Waals surface area contributed by atoms with E-state index in [1.165, 1.54) is 6.07 Å². The first-order valence-electron chi connectivity index (χ1n) is 6.33. The minimum absolute atomic E-state index is 0. The summed E-state index contributed by atoms with van der Waals surface area (Å²) in [6.45, 7) is 6.12. The van der Waals surface area contributed by atoms with Crippen LogP contribution in [0.1, 0.15) is 31.9 Å². The lowest BCUT2D eigenvalue weighted by molar-refractivity contribution is 0.243. The van der Waals surface area contributed by atoms with Crippen molar-refractivity contribution in [2.45, 2.75) is 32.4 Å². The van der Waals surface area contributed by atoms with Crippen LogP contribution in [0.15, 0.2) is 24.3 Å². The van der Waals surface area contributed by atoms with E-state index in [1.807, 2.05) is 12.1 Å². The summed E-state index contributed by atoms with van der Waals surface area (Å²) in [5, 5.41) is 0. The van der Waals surface area contributed by atoms with Gasteiger partial charge in [0.25, 0.3) is 0 Å². The minimum Gasteiger partial charge on any atom is -0.328 e. The van der Waals surface area contributed by atoms with Crippen molar-refractivity contribution in [3.05, 3.63) is 35.6 Å². The smallest absolute Gasteiger partial charge is 0.127 e. The van der Waals surface area contributed by atoms with E-state index in [-0.39, 0.29) is 30.3 Å². The number of hydrogen-bond acceptors (Lipinski definition) is 2. The van der Waals surface area contributed by atoms with Gasteiger partial charge in [-0.1, -0.05) is 18.2 Å². The van der Waals surface area contributed by atoms with Gasteiger partial charge < -0.3 is 5.73 Å². The Kier molecular flexibility index (Phi) is 5.57. The maximum absolute atomic E-state index is 13.7. The van der Waals surface area contributed by atoms with Crippen LogP contribution in [0, 0.1) is 11.7 Å². The summed E-state index contributed by atoms with van der Waals surface area (Å²) in [5.41, 5.74) is 6.72. The summed E-state index contributed by atoms with van der Waals surface area (Å²) in [4.78, 5) is 2.33. The van der Waals surface area contributed by atoms with Crippen LogP contribution in [0.3, 0.4) is 0 Å². The number of likely N-dealkylation sites (tertiary alicyclic amines) is 1. The van der Waals surface area contributed by atoms with Gasteiger partial charge >= 0.3 is 0 Å².